The summed E-state index contributed by atoms with van der Waals surface area (Å²) in [7, 11) is 0. The van der Waals surface area contributed by atoms with Gasteiger partial charge in [-0.05, 0) is 55.5 Å². The fraction of sp³-hybridized carbons (Fsp3) is 0.429. The monoisotopic (exact) mass is 373 g/mol. The molecule has 6 nitrogen and oxygen atoms in total. The standard InChI is InChI=1S/C14H17F2N5OS2/c1-14(2,3)21-13(18-19-20-21)23-8-11(22)17-9-4-6-10(7-5-9)24-12(15)16/h4-7,12H,8H2,1-3H3,(H,17,22). The number of nitrogens with zero attached hydrogens (tertiary/aromatic N) is 4. The first-order chi connectivity index (χ1) is 11.3. The van der Waals surface area contributed by atoms with Gasteiger partial charge in [-0.2, -0.15) is 8.78 Å². The molecule has 0 unspecified atom stereocenters. The summed E-state index contributed by atoms with van der Waals surface area (Å²) in [6.07, 6.45) is 0. The van der Waals surface area contributed by atoms with Gasteiger partial charge in [0, 0.05) is 10.6 Å². The summed E-state index contributed by atoms with van der Waals surface area (Å²) >= 11 is 1.69. The highest BCUT2D eigenvalue weighted by Crippen LogP contribution is 2.26. The van der Waals surface area contributed by atoms with Gasteiger partial charge in [0.05, 0.1) is 11.3 Å². The Morgan fingerprint density at radius 3 is 2.54 bits per heavy atom. The van der Waals surface area contributed by atoms with E-state index in [0.29, 0.717) is 27.5 Å². The van der Waals surface area contributed by atoms with Gasteiger partial charge in [0.1, 0.15) is 0 Å². The predicted octanol–water partition coefficient (Wildman–Crippen LogP) is 3.47. The minimum atomic E-state index is -2.46. The Balaban J connectivity index is 1.89. The number of amides is 1. The molecule has 0 aliphatic rings. The summed E-state index contributed by atoms with van der Waals surface area (Å²) in [5, 5.41) is 14.7. The van der Waals surface area contributed by atoms with Gasteiger partial charge in [-0.15, -0.1) is 5.10 Å². The lowest BCUT2D eigenvalue weighted by molar-refractivity contribution is -0.113. The van der Waals surface area contributed by atoms with Gasteiger partial charge in [0.15, 0.2) is 0 Å². The van der Waals surface area contributed by atoms with Gasteiger partial charge in [0.2, 0.25) is 11.1 Å². The van der Waals surface area contributed by atoms with Crippen molar-refractivity contribution in [3.05, 3.63) is 24.3 Å². The van der Waals surface area contributed by atoms with Crippen molar-refractivity contribution in [3.8, 4) is 0 Å². The third-order valence-corrected chi connectivity index (χ3v) is 4.41. The van der Waals surface area contributed by atoms with Gasteiger partial charge in [-0.25, -0.2) is 4.68 Å². The molecular weight excluding hydrogens is 356 g/mol. The highest BCUT2D eigenvalue weighted by Gasteiger charge is 2.20. The van der Waals surface area contributed by atoms with Crippen LogP contribution < -0.4 is 5.32 Å². The summed E-state index contributed by atoms with van der Waals surface area (Å²) in [5.74, 6) is -2.54. The van der Waals surface area contributed by atoms with E-state index in [0.717, 1.165) is 0 Å². The van der Waals surface area contributed by atoms with E-state index in [9.17, 15) is 13.6 Å². The fourth-order valence-corrected chi connectivity index (χ4v) is 3.10. The average molecular weight is 373 g/mol. The smallest absolute Gasteiger partial charge is 0.288 e. The molecule has 0 saturated carbocycles. The average Bonchev–Trinajstić information content (AvgIpc) is 2.95. The lowest BCUT2D eigenvalue weighted by Crippen LogP contribution is -2.24. The summed E-state index contributed by atoms with van der Waals surface area (Å²) in [4.78, 5) is 12.4. The first-order valence-electron chi connectivity index (χ1n) is 7.02. The number of hydrogen-bond donors (Lipinski definition) is 1. The molecule has 130 valence electrons. The molecule has 0 spiro atoms. The Labute approximate surface area is 146 Å². The summed E-state index contributed by atoms with van der Waals surface area (Å²) in [6, 6.07) is 6.26. The lowest BCUT2D eigenvalue weighted by Gasteiger charge is -2.19. The predicted molar refractivity (Wildman–Crippen MR) is 90.5 cm³/mol. The molecule has 24 heavy (non-hydrogen) atoms. The van der Waals surface area contributed by atoms with Crippen LogP contribution in [0.4, 0.5) is 14.5 Å². The topological polar surface area (TPSA) is 72.7 Å². The van der Waals surface area contributed by atoms with Gasteiger partial charge < -0.3 is 5.32 Å². The molecule has 1 amide bonds. The summed E-state index contributed by atoms with van der Waals surface area (Å²) in [6.45, 7) is 5.89. The van der Waals surface area contributed by atoms with Crippen molar-refractivity contribution >= 4 is 35.1 Å². The van der Waals surface area contributed by atoms with Crippen LogP contribution in [0.3, 0.4) is 0 Å². The van der Waals surface area contributed by atoms with Crippen molar-refractivity contribution in [2.24, 2.45) is 0 Å². The number of alkyl halides is 2. The molecule has 2 rings (SSSR count). The highest BCUT2D eigenvalue weighted by atomic mass is 32.2. The van der Waals surface area contributed by atoms with Crippen molar-refractivity contribution in [1.82, 2.24) is 20.2 Å². The minimum Gasteiger partial charge on any atom is -0.325 e. The van der Waals surface area contributed by atoms with E-state index < -0.39 is 5.76 Å². The van der Waals surface area contributed by atoms with E-state index in [4.69, 9.17) is 0 Å². The Morgan fingerprint density at radius 1 is 1.29 bits per heavy atom. The number of tetrazole rings is 1. The second-order valence-electron chi connectivity index (χ2n) is 5.78. The summed E-state index contributed by atoms with van der Waals surface area (Å²) < 4.78 is 26.2. The number of hydrogen-bond acceptors (Lipinski definition) is 6. The first-order valence-corrected chi connectivity index (χ1v) is 8.88. The molecule has 0 aliphatic carbocycles. The molecule has 2 aromatic rings. The van der Waals surface area contributed by atoms with E-state index in [1.807, 2.05) is 20.8 Å². The van der Waals surface area contributed by atoms with Crippen molar-refractivity contribution in [2.45, 2.75) is 42.1 Å². The van der Waals surface area contributed by atoms with E-state index >= 15 is 0 Å². The van der Waals surface area contributed by atoms with Gasteiger partial charge >= 0.3 is 0 Å². The largest absolute Gasteiger partial charge is 0.325 e. The molecule has 0 saturated heterocycles. The highest BCUT2D eigenvalue weighted by molar-refractivity contribution is 8.00. The zero-order chi connectivity index (χ0) is 17.7. The molecule has 1 aromatic heterocycles. The molecule has 0 bridgehead atoms. The Kier molecular flexibility index (Phi) is 6.16. The molecule has 0 atom stereocenters. The SMILES string of the molecule is CC(C)(C)n1nnnc1SCC(=O)Nc1ccc(SC(F)F)cc1. The number of nitrogens with one attached hydrogen (secondary N) is 1. The van der Waals surface area contributed by atoms with Gasteiger partial charge in [-0.3, -0.25) is 4.79 Å². The van der Waals surface area contributed by atoms with Crippen LogP contribution in [-0.4, -0.2) is 37.6 Å². The number of anilines is 1. The van der Waals surface area contributed by atoms with Crippen LogP contribution in [0, 0.1) is 0 Å². The molecule has 10 heteroatoms. The zero-order valence-electron chi connectivity index (χ0n) is 13.4. The quantitative estimate of drug-likeness (QED) is 0.782. The van der Waals surface area contributed by atoms with E-state index in [1.54, 1.807) is 28.9 Å². The van der Waals surface area contributed by atoms with E-state index in [1.165, 1.54) is 11.8 Å². The number of halogens is 2. The molecule has 1 aromatic carbocycles. The molecule has 0 radical (unpaired) electrons. The van der Waals surface area contributed by atoms with Crippen LogP contribution in [-0.2, 0) is 10.3 Å². The Morgan fingerprint density at radius 2 is 1.96 bits per heavy atom. The van der Waals surface area contributed by atoms with Crippen LogP contribution in [0.5, 0.6) is 0 Å². The normalized spacial score (nSPS) is 11.8. The molecule has 0 fully saturated rings. The number of benzene rings is 1. The number of carbonyl (C=O) groups excluding carboxylic acids is 1. The Hall–Kier alpha value is -1.68. The van der Waals surface area contributed by atoms with Gasteiger partial charge in [-0.1, -0.05) is 23.5 Å². The second kappa shape index (κ2) is 7.93. The zero-order valence-corrected chi connectivity index (χ0v) is 15.0. The van der Waals surface area contributed by atoms with Crippen LogP contribution in [0.2, 0.25) is 0 Å². The van der Waals surface area contributed by atoms with Crippen molar-refractivity contribution in [2.75, 3.05) is 11.1 Å². The molecule has 1 N–H and O–H groups in total. The second-order valence-corrected chi connectivity index (χ2v) is 7.79. The fourth-order valence-electron chi connectivity index (χ4n) is 1.74. The van der Waals surface area contributed by atoms with Crippen molar-refractivity contribution in [1.29, 1.82) is 0 Å². The van der Waals surface area contributed by atoms with Crippen LogP contribution in [0.1, 0.15) is 20.8 Å². The van der Waals surface area contributed by atoms with E-state index in [-0.39, 0.29) is 17.2 Å². The third-order valence-electron chi connectivity index (χ3n) is 2.77. The maximum Gasteiger partial charge on any atom is 0.288 e. The minimum absolute atomic E-state index is 0.143. The molecule has 0 aliphatic heterocycles. The summed E-state index contributed by atoms with van der Waals surface area (Å²) in [5.41, 5.74) is 0.273. The number of rotatable bonds is 6. The van der Waals surface area contributed by atoms with Crippen LogP contribution in [0.15, 0.2) is 34.3 Å². The maximum atomic E-state index is 12.3. The number of carbonyl (C=O) groups is 1. The molecular formula is C14H17F2N5OS2. The first kappa shape index (κ1) is 18.7. The molecule has 1 heterocycles. The van der Waals surface area contributed by atoms with Crippen LogP contribution >= 0.6 is 23.5 Å². The number of aromatic nitrogens is 4. The lowest BCUT2D eigenvalue weighted by atomic mass is 10.1. The maximum absolute atomic E-state index is 12.3. The van der Waals surface area contributed by atoms with E-state index in [2.05, 4.69) is 20.8 Å². The van der Waals surface area contributed by atoms with Crippen molar-refractivity contribution in [3.63, 3.8) is 0 Å². The van der Waals surface area contributed by atoms with Crippen molar-refractivity contribution < 1.29 is 13.6 Å². The van der Waals surface area contributed by atoms with Gasteiger partial charge in [0.25, 0.3) is 5.76 Å². The third kappa shape index (κ3) is 5.45. The van der Waals surface area contributed by atoms with Crippen LogP contribution in [0.25, 0.3) is 0 Å². The Bertz CT molecular complexity index is 685. The number of thioether (sulfide) groups is 2.